The number of benzene rings is 1. The van der Waals surface area contributed by atoms with Gasteiger partial charge in [0.2, 0.25) is 0 Å². The van der Waals surface area contributed by atoms with Crippen molar-refractivity contribution in [2.24, 2.45) is 0 Å². The summed E-state index contributed by atoms with van der Waals surface area (Å²) >= 11 is 12.0. The molecule has 0 aliphatic heterocycles. The number of hydrogen-bond donors (Lipinski definition) is 1. The summed E-state index contributed by atoms with van der Waals surface area (Å²) < 4.78 is 5.32. The third kappa shape index (κ3) is 4.07. The van der Waals surface area contributed by atoms with Crippen LogP contribution in [0.2, 0.25) is 10.0 Å². The van der Waals surface area contributed by atoms with E-state index in [1.807, 2.05) is 26.1 Å². The third-order valence-electron chi connectivity index (χ3n) is 1.73. The summed E-state index contributed by atoms with van der Waals surface area (Å²) in [5.41, 5.74) is 1.05. The fourth-order valence-electron chi connectivity index (χ4n) is 1.20. The Morgan fingerprint density at radius 2 is 1.80 bits per heavy atom. The molecule has 5 heteroatoms. The molecule has 0 saturated heterocycles. The summed E-state index contributed by atoms with van der Waals surface area (Å²) in [7, 11) is 1.87. The second-order valence-corrected chi connectivity index (χ2v) is 3.67. The quantitative estimate of drug-likeness (QED) is 0.904. The molecule has 0 heterocycles. The normalized spacial score (nSPS) is 9.60. The summed E-state index contributed by atoms with van der Waals surface area (Å²) in [4.78, 5) is 0. The van der Waals surface area contributed by atoms with Crippen LogP contribution in [-0.2, 0) is 6.54 Å². The highest BCUT2D eigenvalue weighted by Crippen LogP contribution is 2.34. The van der Waals surface area contributed by atoms with Crippen molar-refractivity contribution in [2.75, 3.05) is 13.7 Å². The van der Waals surface area contributed by atoms with Crippen molar-refractivity contribution in [3.8, 4) is 5.75 Å². The first-order valence-electron chi connectivity index (χ1n) is 4.44. The van der Waals surface area contributed by atoms with E-state index in [4.69, 9.17) is 27.9 Å². The van der Waals surface area contributed by atoms with Crippen LogP contribution < -0.4 is 10.1 Å². The van der Waals surface area contributed by atoms with E-state index in [2.05, 4.69) is 5.32 Å². The molecule has 1 N–H and O–H groups in total. The first-order chi connectivity index (χ1) is 6.69. The predicted octanol–water partition coefficient (Wildman–Crippen LogP) is 3.53. The molecule has 15 heavy (non-hydrogen) atoms. The maximum absolute atomic E-state index is 6.01. The van der Waals surface area contributed by atoms with Gasteiger partial charge in [-0.2, -0.15) is 0 Å². The van der Waals surface area contributed by atoms with Gasteiger partial charge in [-0.15, -0.1) is 12.4 Å². The van der Waals surface area contributed by atoms with E-state index < -0.39 is 0 Å². The van der Waals surface area contributed by atoms with Crippen molar-refractivity contribution in [1.29, 1.82) is 0 Å². The zero-order valence-electron chi connectivity index (χ0n) is 8.64. The van der Waals surface area contributed by atoms with Crippen molar-refractivity contribution in [3.05, 3.63) is 27.7 Å². The first kappa shape index (κ1) is 14.8. The molecule has 0 atom stereocenters. The molecular formula is C10H14Cl3NO. The molecule has 0 unspecified atom stereocenters. The van der Waals surface area contributed by atoms with Crippen LogP contribution in [0.25, 0.3) is 0 Å². The molecule has 0 aliphatic carbocycles. The largest absolute Gasteiger partial charge is 0.491 e. The van der Waals surface area contributed by atoms with Gasteiger partial charge in [0.1, 0.15) is 0 Å². The van der Waals surface area contributed by atoms with Crippen LogP contribution in [0.15, 0.2) is 12.1 Å². The van der Waals surface area contributed by atoms with Gasteiger partial charge in [0.25, 0.3) is 0 Å². The van der Waals surface area contributed by atoms with E-state index in [1.165, 1.54) is 0 Å². The highest BCUT2D eigenvalue weighted by atomic mass is 35.5. The summed E-state index contributed by atoms with van der Waals surface area (Å²) in [6, 6.07) is 3.71. The first-order valence-corrected chi connectivity index (χ1v) is 5.20. The van der Waals surface area contributed by atoms with E-state index in [9.17, 15) is 0 Å². The lowest BCUT2D eigenvalue weighted by molar-refractivity contribution is 0.340. The molecule has 1 aromatic carbocycles. The Morgan fingerprint density at radius 1 is 1.27 bits per heavy atom. The summed E-state index contributed by atoms with van der Waals surface area (Å²) in [5, 5.41) is 4.15. The van der Waals surface area contributed by atoms with Crippen LogP contribution in [0, 0.1) is 0 Å². The fourth-order valence-corrected chi connectivity index (χ4v) is 1.84. The lowest BCUT2D eigenvalue weighted by Gasteiger charge is -2.09. The standard InChI is InChI=1S/C10H13Cl2NO.ClH/c1-3-14-10-8(11)4-7(6-13-2)5-9(10)12;/h4-5,13H,3,6H2,1-2H3;1H. The molecule has 0 fully saturated rings. The average Bonchev–Trinajstić information content (AvgIpc) is 2.12. The van der Waals surface area contributed by atoms with Crippen molar-refractivity contribution < 1.29 is 4.74 Å². The molecule has 0 saturated carbocycles. The van der Waals surface area contributed by atoms with Crippen LogP contribution >= 0.6 is 35.6 Å². The molecule has 0 aliphatic rings. The second-order valence-electron chi connectivity index (χ2n) is 2.85. The molecular weight excluding hydrogens is 256 g/mol. The predicted molar refractivity (Wildman–Crippen MR) is 67.6 cm³/mol. The van der Waals surface area contributed by atoms with Crippen LogP contribution in [0.3, 0.4) is 0 Å². The molecule has 86 valence electrons. The van der Waals surface area contributed by atoms with E-state index in [0.717, 1.165) is 12.1 Å². The van der Waals surface area contributed by atoms with Gasteiger partial charge in [0, 0.05) is 6.54 Å². The fraction of sp³-hybridized carbons (Fsp3) is 0.400. The summed E-state index contributed by atoms with van der Waals surface area (Å²) in [6.45, 7) is 3.20. The molecule has 0 bridgehead atoms. The van der Waals surface area contributed by atoms with Gasteiger partial charge < -0.3 is 10.1 Å². The SMILES string of the molecule is CCOc1c(Cl)cc(CNC)cc1Cl.Cl. The molecule has 0 spiro atoms. The number of rotatable bonds is 4. The molecule has 0 radical (unpaired) electrons. The Labute approximate surface area is 106 Å². The van der Waals surface area contributed by atoms with Gasteiger partial charge in [-0.25, -0.2) is 0 Å². The highest BCUT2D eigenvalue weighted by Gasteiger charge is 2.08. The molecule has 0 amide bonds. The number of ether oxygens (including phenoxy) is 1. The van der Waals surface area contributed by atoms with Crippen LogP contribution in [0.5, 0.6) is 5.75 Å². The number of nitrogens with one attached hydrogen (secondary N) is 1. The van der Waals surface area contributed by atoms with Gasteiger partial charge in [0.05, 0.1) is 16.7 Å². The monoisotopic (exact) mass is 269 g/mol. The average molecular weight is 271 g/mol. The Kier molecular flexibility index (Phi) is 7.11. The van der Waals surface area contributed by atoms with E-state index >= 15 is 0 Å². The van der Waals surface area contributed by atoms with Crippen LogP contribution in [0.1, 0.15) is 12.5 Å². The van der Waals surface area contributed by atoms with E-state index in [1.54, 1.807) is 0 Å². The Bertz CT molecular complexity index is 295. The van der Waals surface area contributed by atoms with E-state index in [-0.39, 0.29) is 12.4 Å². The second kappa shape index (κ2) is 7.18. The highest BCUT2D eigenvalue weighted by molar-refractivity contribution is 6.37. The van der Waals surface area contributed by atoms with Gasteiger partial charge in [-0.1, -0.05) is 23.2 Å². The summed E-state index contributed by atoms with van der Waals surface area (Å²) in [6.07, 6.45) is 0. The van der Waals surface area contributed by atoms with Gasteiger partial charge in [0.15, 0.2) is 5.75 Å². The number of halogens is 3. The summed E-state index contributed by atoms with van der Waals surface area (Å²) in [5.74, 6) is 0.565. The zero-order chi connectivity index (χ0) is 10.6. The minimum absolute atomic E-state index is 0. The zero-order valence-corrected chi connectivity index (χ0v) is 11.0. The van der Waals surface area contributed by atoms with Crippen molar-refractivity contribution in [1.82, 2.24) is 5.32 Å². The number of hydrogen-bond acceptors (Lipinski definition) is 2. The Balaban J connectivity index is 0.00000196. The van der Waals surface area contributed by atoms with Crippen molar-refractivity contribution >= 4 is 35.6 Å². The maximum Gasteiger partial charge on any atom is 0.156 e. The smallest absolute Gasteiger partial charge is 0.156 e. The van der Waals surface area contributed by atoms with Crippen LogP contribution in [-0.4, -0.2) is 13.7 Å². The molecule has 1 aromatic rings. The lowest BCUT2D eigenvalue weighted by Crippen LogP contribution is -2.05. The van der Waals surface area contributed by atoms with Gasteiger partial charge >= 0.3 is 0 Å². The maximum atomic E-state index is 6.01. The van der Waals surface area contributed by atoms with Gasteiger partial charge in [-0.3, -0.25) is 0 Å². The van der Waals surface area contributed by atoms with Crippen molar-refractivity contribution in [3.63, 3.8) is 0 Å². The van der Waals surface area contributed by atoms with Gasteiger partial charge in [-0.05, 0) is 31.7 Å². The lowest BCUT2D eigenvalue weighted by atomic mass is 10.2. The molecule has 1 rings (SSSR count). The minimum Gasteiger partial charge on any atom is -0.491 e. The van der Waals surface area contributed by atoms with Crippen molar-refractivity contribution in [2.45, 2.75) is 13.5 Å². The van der Waals surface area contributed by atoms with E-state index in [0.29, 0.717) is 22.4 Å². The molecule has 0 aromatic heterocycles. The third-order valence-corrected chi connectivity index (χ3v) is 2.29. The topological polar surface area (TPSA) is 21.3 Å². The molecule has 2 nitrogen and oxygen atoms in total. The minimum atomic E-state index is 0. The Morgan fingerprint density at radius 3 is 2.20 bits per heavy atom. The Hall–Kier alpha value is -0.150. The van der Waals surface area contributed by atoms with Crippen LogP contribution in [0.4, 0.5) is 0 Å².